The van der Waals surface area contributed by atoms with Crippen LogP contribution in [0.1, 0.15) is 36.9 Å². The predicted molar refractivity (Wildman–Crippen MR) is 121 cm³/mol. The molecule has 2 aromatic heterocycles. The van der Waals surface area contributed by atoms with Crippen molar-refractivity contribution in [2.75, 3.05) is 33.8 Å². The van der Waals surface area contributed by atoms with Crippen LogP contribution in [0.3, 0.4) is 0 Å². The minimum atomic E-state index is 0.00979. The minimum absolute atomic E-state index is 0.00979. The van der Waals surface area contributed by atoms with Gasteiger partial charge >= 0.3 is 0 Å². The zero-order valence-corrected chi connectivity index (χ0v) is 18.3. The summed E-state index contributed by atoms with van der Waals surface area (Å²) in [7, 11) is 6.13. The van der Waals surface area contributed by atoms with Crippen LogP contribution in [-0.2, 0) is 18.3 Å². The van der Waals surface area contributed by atoms with Crippen LogP contribution in [0.5, 0.6) is 0 Å². The van der Waals surface area contributed by atoms with Crippen LogP contribution in [0.4, 0.5) is 0 Å². The third kappa shape index (κ3) is 4.05. The van der Waals surface area contributed by atoms with Crippen molar-refractivity contribution in [2.45, 2.75) is 32.0 Å². The number of aromatic nitrogens is 4. The number of hydrogen-bond donors (Lipinski definition) is 1. The van der Waals surface area contributed by atoms with Crippen LogP contribution in [0.2, 0.25) is 0 Å². The molecule has 1 unspecified atom stereocenters. The van der Waals surface area contributed by atoms with Gasteiger partial charge in [0.05, 0.1) is 23.1 Å². The normalized spacial score (nSPS) is 17.1. The number of rotatable bonds is 8. The highest BCUT2D eigenvalue weighted by atomic mass is 16.5. The highest BCUT2D eigenvalue weighted by molar-refractivity contribution is 5.91. The Labute approximate surface area is 178 Å². The molecular formula is C23H32N6O. The molecule has 1 N–H and O–H groups in total. The van der Waals surface area contributed by atoms with Crippen molar-refractivity contribution in [2.24, 2.45) is 7.05 Å². The first-order valence-corrected chi connectivity index (χ1v) is 10.7. The fourth-order valence-corrected chi connectivity index (χ4v) is 4.15. The van der Waals surface area contributed by atoms with Crippen LogP contribution in [0, 0.1) is 0 Å². The van der Waals surface area contributed by atoms with Gasteiger partial charge in [-0.15, -0.1) is 0 Å². The predicted octanol–water partition coefficient (Wildman–Crippen LogP) is 3.43. The molecule has 30 heavy (non-hydrogen) atoms. The van der Waals surface area contributed by atoms with E-state index in [4.69, 9.17) is 9.84 Å². The van der Waals surface area contributed by atoms with Gasteiger partial charge in [-0.25, -0.2) is 4.68 Å². The maximum absolute atomic E-state index is 5.99. The van der Waals surface area contributed by atoms with Crippen molar-refractivity contribution in [3.8, 4) is 11.1 Å². The molecule has 3 heterocycles. The maximum Gasteiger partial charge on any atom is 0.150 e. The molecule has 1 saturated heterocycles. The van der Waals surface area contributed by atoms with E-state index in [1.165, 1.54) is 12.1 Å². The lowest BCUT2D eigenvalue weighted by Crippen LogP contribution is -2.27. The van der Waals surface area contributed by atoms with Crippen LogP contribution in [0.15, 0.2) is 31.0 Å². The highest BCUT2D eigenvalue weighted by Gasteiger charge is 2.21. The van der Waals surface area contributed by atoms with E-state index in [1.807, 2.05) is 35.7 Å². The summed E-state index contributed by atoms with van der Waals surface area (Å²) in [5, 5.41) is 13.7. The number of nitrogens with one attached hydrogen (secondary N) is 1. The number of likely N-dealkylation sites (N-methyl/N-ethyl adjacent to an activating group) is 2. The fraction of sp³-hybridized carbons (Fsp3) is 0.478. The summed E-state index contributed by atoms with van der Waals surface area (Å²) in [6.45, 7) is 7.57. The van der Waals surface area contributed by atoms with Crippen LogP contribution < -0.4 is 5.32 Å². The summed E-state index contributed by atoms with van der Waals surface area (Å²) in [6, 6.07) is 6.54. The monoisotopic (exact) mass is 408 g/mol. The SMILES string of the molecule is C=Cc1nn(C2CCCCO2)c2ccc(-c3cnn(C)c3CN(C)CCNC)cc12. The first-order chi connectivity index (χ1) is 14.6. The van der Waals surface area contributed by atoms with Crippen molar-refractivity contribution in [3.05, 3.63) is 42.4 Å². The van der Waals surface area contributed by atoms with E-state index in [0.29, 0.717) is 0 Å². The number of fused-ring (bicyclic) bond motifs is 1. The molecule has 0 saturated carbocycles. The van der Waals surface area contributed by atoms with E-state index >= 15 is 0 Å². The number of nitrogens with zero attached hydrogens (tertiary/aromatic N) is 5. The Balaban J connectivity index is 1.70. The minimum Gasteiger partial charge on any atom is -0.356 e. The quantitative estimate of drug-likeness (QED) is 0.619. The number of aryl methyl sites for hydroxylation is 1. The fourth-order valence-electron chi connectivity index (χ4n) is 4.15. The average molecular weight is 409 g/mol. The Bertz CT molecular complexity index is 1010. The summed E-state index contributed by atoms with van der Waals surface area (Å²) < 4.78 is 9.99. The molecule has 1 aliphatic heterocycles. The Morgan fingerprint density at radius 1 is 1.37 bits per heavy atom. The van der Waals surface area contributed by atoms with Gasteiger partial charge in [-0.3, -0.25) is 9.58 Å². The molecule has 3 aromatic rings. The van der Waals surface area contributed by atoms with Crippen LogP contribution in [-0.4, -0.2) is 58.3 Å². The molecule has 0 aliphatic carbocycles. The van der Waals surface area contributed by atoms with Gasteiger partial charge in [-0.2, -0.15) is 10.2 Å². The van der Waals surface area contributed by atoms with E-state index in [-0.39, 0.29) is 6.23 Å². The van der Waals surface area contributed by atoms with Crippen molar-refractivity contribution in [1.82, 2.24) is 29.8 Å². The molecule has 0 amide bonds. The summed E-state index contributed by atoms with van der Waals surface area (Å²) in [6.07, 6.45) is 7.11. The van der Waals surface area contributed by atoms with Crippen LogP contribution >= 0.6 is 0 Å². The summed E-state index contributed by atoms with van der Waals surface area (Å²) in [4.78, 5) is 2.31. The smallest absolute Gasteiger partial charge is 0.150 e. The van der Waals surface area contributed by atoms with E-state index in [1.54, 1.807) is 0 Å². The molecule has 1 fully saturated rings. The van der Waals surface area contributed by atoms with Gasteiger partial charge in [-0.05, 0) is 57.1 Å². The standard InChI is InChI=1S/C23H32N6O/c1-5-20-18-14-17(9-10-21(18)29(26-20)23-8-6-7-13-30-23)19-15-25-28(4)22(19)16-27(3)12-11-24-2/h5,9-10,14-15,23-24H,1,6-8,11-13,16H2,2-4H3. The Morgan fingerprint density at radius 2 is 2.23 bits per heavy atom. The first kappa shape index (κ1) is 20.8. The third-order valence-corrected chi connectivity index (χ3v) is 5.89. The van der Waals surface area contributed by atoms with Gasteiger partial charge in [0, 0.05) is 44.2 Å². The van der Waals surface area contributed by atoms with Crippen molar-refractivity contribution in [1.29, 1.82) is 0 Å². The second-order valence-corrected chi connectivity index (χ2v) is 8.06. The third-order valence-electron chi connectivity index (χ3n) is 5.89. The largest absolute Gasteiger partial charge is 0.356 e. The molecule has 7 heteroatoms. The Morgan fingerprint density at radius 3 is 2.97 bits per heavy atom. The van der Waals surface area contributed by atoms with Gasteiger partial charge in [0.15, 0.2) is 6.23 Å². The summed E-state index contributed by atoms with van der Waals surface area (Å²) in [5.74, 6) is 0. The number of hydrogen-bond acceptors (Lipinski definition) is 5. The van der Waals surface area contributed by atoms with Gasteiger partial charge in [0.1, 0.15) is 0 Å². The van der Waals surface area contributed by atoms with Gasteiger partial charge in [0.25, 0.3) is 0 Å². The second kappa shape index (κ2) is 9.12. The van der Waals surface area contributed by atoms with Crippen molar-refractivity contribution in [3.63, 3.8) is 0 Å². The summed E-state index contributed by atoms with van der Waals surface area (Å²) >= 11 is 0. The lowest BCUT2D eigenvalue weighted by Gasteiger charge is -2.23. The number of ether oxygens (including phenoxy) is 1. The zero-order valence-electron chi connectivity index (χ0n) is 18.3. The molecule has 160 valence electrons. The Hall–Kier alpha value is -2.48. The topological polar surface area (TPSA) is 60.1 Å². The molecule has 0 spiro atoms. The van der Waals surface area contributed by atoms with Crippen molar-refractivity contribution < 1.29 is 4.74 Å². The average Bonchev–Trinajstić information content (AvgIpc) is 3.33. The zero-order chi connectivity index (χ0) is 21.1. The molecule has 1 aliphatic rings. The van der Waals surface area contributed by atoms with Gasteiger partial charge in [0.2, 0.25) is 0 Å². The maximum atomic E-state index is 5.99. The van der Waals surface area contributed by atoms with E-state index < -0.39 is 0 Å². The molecule has 4 rings (SSSR count). The molecule has 7 nitrogen and oxygen atoms in total. The number of benzene rings is 1. The van der Waals surface area contributed by atoms with E-state index in [9.17, 15) is 0 Å². The molecule has 0 bridgehead atoms. The van der Waals surface area contributed by atoms with E-state index in [0.717, 1.165) is 66.8 Å². The second-order valence-electron chi connectivity index (χ2n) is 8.06. The molecular weight excluding hydrogens is 376 g/mol. The van der Waals surface area contributed by atoms with Gasteiger partial charge < -0.3 is 10.1 Å². The Kier molecular flexibility index (Phi) is 6.32. The molecule has 0 radical (unpaired) electrons. The highest BCUT2D eigenvalue weighted by Crippen LogP contribution is 2.32. The molecule has 1 aromatic carbocycles. The van der Waals surface area contributed by atoms with Crippen LogP contribution in [0.25, 0.3) is 28.1 Å². The lowest BCUT2D eigenvalue weighted by atomic mass is 10.0. The molecule has 1 atom stereocenters. The van der Waals surface area contributed by atoms with E-state index in [2.05, 4.69) is 47.1 Å². The van der Waals surface area contributed by atoms with Crippen molar-refractivity contribution >= 4 is 17.0 Å². The van der Waals surface area contributed by atoms with Gasteiger partial charge in [-0.1, -0.05) is 12.6 Å². The summed E-state index contributed by atoms with van der Waals surface area (Å²) in [5.41, 5.74) is 5.51. The lowest BCUT2D eigenvalue weighted by molar-refractivity contribution is -0.0367. The first-order valence-electron chi connectivity index (χ1n) is 10.7.